The smallest absolute Gasteiger partial charge is 0.354 e. The number of aromatic nitrogens is 1. The molecule has 2 unspecified atom stereocenters. The molecular formula is C13H16N2O4. The van der Waals surface area contributed by atoms with Crippen LogP contribution in [0.5, 0.6) is 0 Å². The van der Waals surface area contributed by atoms with E-state index in [1.165, 1.54) is 18.3 Å². The predicted molar refractivity (Wildman–Crippen MR) is 67.1 cm³/mol. The number of amides is 1. The second kappa shape index (κ2) is 5.36. The molecule has 2 heterocycles. The summed E-state index contributed by atoms with van der Waals surface area (Å²) in [5, 5.41) is 8.76. The monoisotopic (exact) mass is 264 g/mol. The fraction of sp³-hybridized carbons (Fsp3) is 0.462. The normalized spacial score (nSPS) is 23.2. The second-order valence-corrected chi connectivity index (χ2v) is 4.70. The summed E-state index contributed by atoms with van der Waals surface area (Å²) in [6.07, 6.45) is 1.30. The average molecular weight is 264 g/mol. The van der Waals surface area contributed by atoms with Crippen molar-refractivity contribution < 1.29 is 19.4 Å². The van der Waals surface area contributed by atoms with Crippen molar-refractivity contribution in [3.05, 3.63) is 29.6 Å². The van der Waals surface area contributed by atoms with Gasteiger partial charge in [0.2, 0.25) is 0 Å². The van der Waals surface area contributed by atoms with Gasteiger partial charge < -0.3 is 14.7 Å². The zero-order valence-electron chi connectivity index (χ0n) is 10.9. The first-order valence-corrected chi connectivity index (χ1v) is 6.11. The second-order valence-electron chi connectivity index (χ2n) is 4.70. The topological polar surface area (TPSA) is 79.7 Å². The highest BCUT2D eigenvalue weighted by Gasteiger charge is 2.26. The molecule has 6 nitrogen and oxygen atoms in total. The fourth-order valence-corrected chi connectivity index (χ4v) is 2.17. The Morgan fingerprint density at radius 2 is 1.95 bits per heavy atom. The highest BCUT2D eigenvalue weighted by Crippen LogP contribution is 2.14. The maximum atomic E-state index is 12.3. The lowest BCUT2D eigenvalue weighted by Gasteiger charge is -2.35. The Hall–Kier alpha value is -1.95. The van der Waals surface area contributed by atoms with Crippen molar-refractivity contribution in [2.75, 3.05) is 13.1 Å². The van der Waals surface area contributed by atoms with E-state index in [9.17, 15) is 9.59 Å². The van der Waals surface area contributed by atoms with Gasteiger partial charge in [-0.3, -0.25) is 4.79 Å². The van der Waals surface area contributed by atoms with E-state index in [0.29, 0.717) is 18.7 Å². The number of carboxylic acid groups (broad SMARTS) is 1. The highest BCUT2D eigenvalue weighted by molar-refractivity contribution is 5.95. The van der Waals surface area contributed by atoms with Crippen molar-refractivity contribution in [3.63, 3.8) is 0 Å². The lowest BCUT2D eigenvalue weighted by molar-refractivity contribution is -0.0586. The number of nitrogens with zero attached hydrogens (tertiary/aromatic N) is 2. The van der Waals surface area contributed by atoms with E-state index in [2.05, 4.69) is 4.98 Å². The molecule has 0 saturated carbocycles. The molecule has 1 aliphatic heterocycles. The first-order valence-electron chi connectivity index (χ1n) is 6.11. The molecule has 0 aliphatic carbocycles. The Balaban J connectivity index is 2.12. The molecule has 0 bridgehead atoms. The molecule has 2 rings (SSSR count). The SMILES string of the molecule is CC1CN(C(=O)c2ccc(C(=O)O)nc2)CC(C)O1. The van der Waals surface area contributed by atoms with Gasteiger partial charge in [-0.2, -0.15) is 0 Å². The van der Waals surface area contributed by atoms with Crippen molar-refractivity contribution in [2.45, 2.75) is 26.1 Å². The summed E-state index contributed by atoms with van der Waals surface area (Å²) in [6, 6.07) is 2.83. The Bertz CT molecular complexity index is 476. The standard InChI is InChI=1S/C13H16N2O4/c1-8-6-15(7-9(2)19-8)12(16)10-3-4-11(13(17)18)14-5-10/h3-5,8-9H,6-7H2,1-2H3,(H,17,18). The molecule has 1 aromatic heterocycles. The third-order valence-corrected chi connectivity index (χ3v) is 2.94. The van der Waals surface area contributed by atoms with Crippen LogP contribution < -0.4 is 0 Å². The summed E-state index contributed by atoms with van der Waals surface area (Å²) in [4.78, 5) is 28.4. The van der Waals surface area contributed by atoms with Crippen molar-refractivity contribution in [1.29, 1.82) is 0 Å². The number of pyridine rings is 1. The largest absolute Gasteiger partial charge is 0.477 e. The lowest BCUT2D eigenvalue weighted by Crippen LogP contribution is -2.48. The minimum absolute atomic E-state index is 0.000970. The first-order chi connectivity index (χ1) is 8.97. The van der Waals surface area contributed by atoms with Gasteiger partial charge in [0.05, 0.1) is 17.8 Å². The van der Waals surface area contributed by atoms with Crippen LogP contribution in [0.25, 0.3) is 0 Å². The number of hydrogen-bond donors (Lipinski definition) is 1. The Kier molecular flexibility index (Phi) is 3.80. The number of carboxylic acids is 1. The van der Waals surface area contributed by atoms with Crippen LogP contribution in [0.3, 0.4) is 0 Å². The van der Waals surface area contributed by atoms with E-state index in [1.807, 2.05) is 13.8 Å². The van der Waals surface area contributed by atoms with Crippen molar-refractivity contribution in [3.8, 4) is 0 Å². The van der Waals surface area contributed by atoms with Gasteiger partial charge in [0.15, 0.2) is 0 Å². The highest BCUT2D eigenvalue weighted by atomic mass is 16.5. The molecule has 1 aliphatic rings. The van der Waals surface area contributed by atoms with Gasteiger partial charge in [0, 0.05) is 19.3 Å². The third kappa shape index (κ3) is 3.08. The molecule has 1 aromatic rings. The summed E-state index contributed by atoms with van der Waals surface area (Å²) < 4.78 is 5.57. The summed E-state index contributed by atoms with van der Waals surface area (Å²) >= 11 is 0. The molecule has 6 heteroatoms. The molecule has 0 radical (unpaired) electrons. The van der Waals surface area contributed by atoms with Gasteiger partial charge in [-0.15, -0.1) is 0 Å². The lowest BCUT2D eigenvalue weighted by atomic mass is 10.1. The predicted octanol–water partition coefficient (Wildman–Crippen LogP) is 1.03. The zero-order valence-corrected chi connectivity index (χ0v) is 10.9. The number of carbonyl (C=O) groups is 2. The van der Waals surface area contributed by atoms with E-state index < -0.39 is 5.97 Å². The van der Waals surface area contributed by atoms with Crippen LogP contribution in [0.15, 0.2) is 18.3 Å². The number of carbonyl (C=O) groups excluding carboxylic acids is 1. The molecule has 1 saturated heterocycles. The molecule has 1 amide bonds. The van der Waals surface area contributed by atoms with Gasteiger partial charge in [0.25, 0.3) is 5.91 Å². The quantitative estimate of drug-likeness (QED) is 0.863. The molecule has 102 valence electrons. The van der Waals surface area contributed by atoms with Crippen LogP contribution in [0.4, 0.5) is 0 Å². The van der Waals surface area contributed by atoms with Crippen LogP contribution in [0.1, 0.15) is 34.7 Å². The number of rotatable bonds is 2. The third-order valence-electron chi connectivity index (χ3n) is 2.94. The molecule has 1 N–H and O–H groups in total. The summed E-state index contributed by atoms with van der Waals surface area (Å²) in [7, 11) is 0. The molecule has 19 heavy (non-hydrogen) atoms. The first kappa shape index (κ1) is 13.5. The van der Waals surface area contributed by atoms with Crippen molar-refractivity contribution >= 4 is 11.9 Å². The van der Waals surface area contributed by atoms with Crippen molar-refractivity contribution in [2.24, 2.45) is 0 Å². The number of morpholine rings is 1. The van der Waals surface area contributed by atoms with Gasteiger partial charge in [0.1, 0.15) is 5.69 Å². The van der Waals surface area contributed by atoms with Crippen molar-refractivity contribution in [1.82, 2.24) is 9.88 Å². The van der Waals surface area contributed by atoms with Crippen LogP contribution in [0.2, 0.25) is 0 Å². The number of hydrogen-bond acceptors (Lipinski definition) is 4. The minimum atomic E-state index is -1.10. The summed E-state index contributed by atoms with van der Waals surface area (Å²) in [5.74, 6) is -1.25. The van der Waals surface area contributed by atoms with Crippen LogP contribution in [-0.4, -0.2) is 52.2 Å². The van der Waals surface area contributed by atoms with Gasteiger partial charge >= 0.3 is 5.97 Å². The Labute approximate surface area is 111 Å². The molecule has 1 fully saturated rings. The Morgan fingerprint density at radius 1 is 1.32 bits per heavy atom. The molecular weight excluding hydrogens is 248 g/mol. The van der Waals surface area contributed by atoms with Gasteiger partial charge in [-0.25, -0.2) is 9.78 Å². The van der Waals surface area contributed by atoms with Gasteiger partial charge in [-0.1, -0.05) is 0 Å². The summed E-state index contributed by atoms with van der Waals surface area (Å²) in [6.45, 7) is 4.90. The number of aromatic carboxylic acids is 1. The zero-order chi connectivity index (χ0) is 14.0. The number of ether oxygens (including phenoxy) is 1. The van der Waals surface area contributed by atoms with E-state index in [4.69, 9.17) is 9.84 Å². The molecule has 0 aromatic carbocycles. The molecule has 0 spiro atoms. The molecule has 2 atom stereocenters. The van der Waals surface area contributed by atoms with E-state index in [0.717, 1.165) is 0 Å². The van der Waals surface area contributed by atoms with Crippen LogP contribution in [-0.2, 0) is 4.74 Å². The Morgan fingerprint density at radius 3 is 2.42 bits per heavy atom. The van der Waals surface area contributed by atoms with E-state index in [-0.39, 0.29) is 23.8 Å². The average Bonchev–Trinajstić information content (AvgIpc) is 2.37. The maximum absolute atomic E-state index is 12.3. The van der Waals surface area contributed by atoms with Crippen LogP contribution in [0, 0.1) is 0 Å². The minimum Gasteiger partial charge on any atom is -0.477 e. The summed E-state index contributed by atoms with van der Waals surface area (Å²) in [5.41, 5.74) is 0.326. The van der Waals surface area contributed by atoms with Gasteiger partial charge in [-0.05, 0) is 26.0 Å². The van der Waals surface area contributed by atoms with E-state index in [1.54, 1.807) is 4.90 Å². The maximum Gasteiger partial charge on any atom is 0.354 e. The van der Waals surface area contributed by atoms with E-state index >= 15 is 0 Å². The fourth-order valence-electron chi connectivity index (χ4n) is 2.17. The van der Waals surface area contributed by atoms with Crippen LogP contribution >= 0.6 is 0 Å².